The van der Waals surface area contributed by atoms with Crippen LogP contribution < -0.4 is 5.56 Å². The molecular formula is C32H37N5O4S. The lowest BCUT2D eigenvalue weighted by atomic mass is 10.1. The van der Waals surface area contributed by atoms with Gasteiger partial charge in [0, 0.05) is 13.0 Å². The normalized spacial score (nSPS) is 14.6. The fourth-order valence-corrected chi connectivity index (χ4v) is 6.56. The maximum Gasteiger partial charge on any atom is 0.306 e. The number of fused-ring (bicyclic) bond motifs is 2. The maximum absolute atomic E-state index is 12.9. The molecule has 42 heavy (non-hydrogen) atoms. The molecule has 1 aromatic carbocycles. The van der Waals surface area contributed by atoms with Crippen molar-refractivity contribution < 1.29 is 13.9 Å². The molecule has 0 atom stereocenters. The van der Waals surface area contributed by atoms with Crippen LogP contribution in [0.3, 0.4) is 0 Å². The molecule has 0 amide bonds. The number of likely N-dealkylation sites (tertiary alicyclic amines) is 1. The minimum atomic E-state index is -0.572. The molecule has 0 spiro atoms. The van der Waals surface area contributed by atoms with Gasteiger partial charge in [-0.3, -0.25) is 9.59 Å². The zero-order valence-corrected chi connectivity index (χ0v) is 25.3. The van der Waals surface area contributed by atoms with Gasteiger partial charge in [-0.15, -0.1) is 11.3 Å². The molecule has 0 radical (unpaired) electrons. The van der Waals surface area contributed by atoms with Crippen molar-refractivity contribution in [3.63, 3.8) is 0 Å². The molecule has 5 aromatic rings. The Balaban J connectivity index is 1.34. The molecule has 4 aromatic heterocycles. The Morgan fingerprint density at radius 2 is 1.86 bits per heavy atom. The number of H-pyrrole nitrogens is 1. The van der Waals surface area contributed by atoms with Gasteiger partial charge in [0.2, 0.25) is 0 Å². The molecule has 220 valence electrons. The first-order valence-corrected chi connectivity index (χ1v) is 15.6. The van der Waals surface area contributed by atoms with Gasteiger partial charge in [-0.05, 0) is 96.1 Å². The van der Waals surface area contributed by atoms with E-state index in [2.05, 4.69) is 26.6 Å². The number of aromatic amines is 1. The Morgan fingerprint density at radius 1 is 1.05 bits per heavy atom. The molecule has 6 rings (SSSR count). The van der Waals surface area contributed by atoms with Crippen molar-refractivity contribution in [2.75, 3.05) is 19.6 Å². The Morgan fingerprint density at radius 3 is 2.62 bits per heavy atom. The van der Waals surface area contributed by atoms with Crippen LogP contribution in [0.4, 0.5) is 0 Å². The molecule has 9 nitrogen and oxygen atoms in total. The monoisotopic (exact) mass is 587 g/mol. The van der Waals surface area contributed by atoms with E-state index in [4.69, 9.17) is 19.1 Å². The van der Waals surface area contributed by atoms with Crippen LogP contribution in [0.1, 0.15) is 58.6 Å². The highest BCUT2D eigenvalue weighted by atomic mass is 32.1. The number of aromatic nitrogens is 4. The van der Waals surface area contributed by atoms with Crippen molar-refractivity contribution in [3.05, 3.63) is 58.7 Å². The average Bonchev–Trinajstić information content (AvgIpc) is 3.71. The average molecular weight is 588 g/mol. The van der Waals surface area contributed by atoms with Crippen molar-refractivity contribution in [1.82, 2.24) is 24.4 Å². The fourth-order valence-electron chi connectivity index (χ4n) is 5.58. The molecule has 5 heterocycles. The first kappa shape index (κ1) is 28.4. The van der Waals surface area contributed by atoms with Gasteiger partial charge in [0.25, 0.3) is 5.56 Å². The number of esters is 1. The molecule has 1 aliphatic heterocycles. The van der Waals surface area contributed by atoms with Crippen molar-refractivity contribution in [2.24, 2.45) is 0 Å². The molecule has 0 aliphatic carbocycles. The number of imidazole rings is 1. The first-order chi connectivity index (χ1) is 20.2. The van der Waals surface area contributed by atoms with Gasteiger partial charge in [-0.25, -0.2) is 9.97 Å². The highest BCUT2D eigenvalue weighted by Gasteiger charge is 2.20. The van der Waals surface area contributed by atoms with Crippen molar-refractivity contribution in [1.29, 1.82) is 0 Å². The Hall–Kier alpha value is -3.76. The number of thiophene rings is 1. The second-order valence-electron chi connectivity index (χ2n) is 11.9. The van der Waals surface area contributed by atoms with Gasteiger partial charge in [-0.1, -0.05) is 6.42 Å². The van der Waals surface area contributed by atoms with Crippen molar-refractivity contribution in [3.8, 4) is 21.3 Å². The summed E-state index contributed by atoms with van der Waals surface area (Å²) in [5.41, 5.74) is 2.53. The molecular weight excluding hydrogens is 550 g/mol. The number of rotatable bonds is 9. The minimum absolute atomic E-state index is 0.0933. The van der Waals surface area contributed by atoms with E-state index in [0.29, 0.717) is 16.7 Å². The van der Waals surface area contributed by atoms with E-state index in [1.165, 1.54) is 32.4 Å². The summed E-state index contributed by atoms with van der Waals surface area (Å²) < 4.78 is 13.3. The number of furan rings is 1. The third kappa shape index (κ3) is 6.34. The van der Waals surface area contributed by atoms with Crippen LogP contribution in [0.15, 0.2) is 51.9 Å². The Kier molecular flexibility index (Phi) is 8.00. The summed E-state index contributed by atoms with van der Waals surface area (Å²) in [7, 11) is 0. The summed E-state index contributed by atoms with van der Waals surface area (Å²) in [4.78, 5) is 42.5. The molecule has 1 fully saturated rings. The second kappa shape index (κ2) is 11.9. The van der Waals surface area contributed by atoms with Crippen LogP contribution in [0, 0.1) is 0 Å². The van der Waals surface area contributed by atoms with Gasteiger partial charge in [-0.2, -0.15) is 0 Å². The summed E-state index contributed by atoms with van der Waals surface area (Å²) >= 11 is 1.65. The maximum atomic E-state index is 12.9. The Bertz CT molecular complexity index is 1750. The standard InChI is InChI=1S/C32H37N5O4S/c1-32(2,3)41-29(38)13-10-21-31(39)35-22-19-24-25(20-23(22)33-21)37(17-8-16-36-14-5-4-6-15-36)30(34-24)28-12-11-27(42-28)26-9-7-18-40-26/h7,9,11-12,18-20H,4-6,8,10,13-17H2,1-3H3,(H,35,39). The molecule has 10 heteroatoms. The lowest BCUT2D eigenvalue weighted by molar-refractivity contribution is -0.154. The topological polar surface area (TPSA) is 106 Å². The predicted octanol–water partition coefficient (Wildman–Crippen LogP) is 6.41. The van der Waals surface area contributed by atoms with E-state index >= 15 is 0 Å². The molecule has 0 bridgehead atoms. The number of aryl methyl sites for hydroxylation is 2. The quantitative estimate of drug-likeness (QED) is 0.199. The van der Waals surface area contributed by atoms with Gasteiger partial charge in [0.15, 0.2) is 5.82 Å². The van der Waals surface area contributed by atoms with Crippen molar-refractivity contribution in [2.45, 2.75) is 71.4 Å². The lowest BCUT2D eigenvalue weighted by Gasteiger charge is -2.26. The third-order valence-electron chi connectivity index (χ3n) is 7.51. The van der Waals surface area contributed by atoms with Crippen LogP contribution in [-0.4, -0.2) is 55.6 Å². The fraction of sp³-hybridized carbons (Fsp3) is 0.438. The largest absolute Gasteiger partial charge is 0.464 e. The highest BCUT2D eigenvalue weighted by Crippen LogP contribution is 2.36. The first-order valence-electron chi connectivity index (χ1n) is 14.7. The predicted molar refractivity (Wildman–Crippen MR) is 166 cm³/mol. The van der Waals surface area contributed by atoms with E-state index in [1.807, 2.05) is 45.0 Å². The lowest BCUT2D eigenvalue weighted by Crippen LogP contribution is -2.31. The van der Waals surface area contributed by atoms with Crippen molar-refractivity contribution >= 4 is 39.4 Å². The number of nitrogens with one attached hydrogen (secondary N) is 1. The molecule has 1 aliphatic rings. The van der Waals surface area contributed by atoms with Crippen LogP contribution in [0.25, 0.3) is 43.4 Å². The van der Waals surface area contributed by atoms with E-state index in [-0.39, 0.29) is 24.4 Å². The van der Waals surface area contributed by atoms with Crippen LogP contribution in [0.2, 0.25) is 0 Å². The van der Waals surface area contributed by atoms with E-state index < -0.39 is 5.60 Å². The Labute approximate surface area is 248 Å². The van der Waals surface area contributed by atoms with Gasteiger partial charge in [0.1, 0.15) is 17.1 Å². The van der Waals surface area contributed by atoms with Gasteiger partial charge < -0.3 is 23.6 Å². The smallest absolute Gasteiger partial charge is 0.306 e. The number of carbonyl (C=O) groups excluding carboxylic acids is 1. The SMILES string of the molecule is CC(C)(C)OC(=O)CCc1nc2cc3c(cc2[nH]c1=O)nc(-c1ccc(-c2ccco2)s1)n3CCCN1CCCCC1. The number of piperidine rings is 1. The molecule has 1 N–H and O–H groups in total. The number of hydrogen-bond acceptors (Lipinski definition) is 8. The summed E-state index contributed by atoms with van der Waals surface area (Å²) in [6, 6.07) is 11.9. The number of benzene rings is 1. The van der Waals surface area contributed by atoms with Crippen LogP contribution in [0.5, 0.6) is 0 Å². The second-order valence-corrected chi connectivity index (χ2v) is 13.0. The summed E-state index contributed by atoms with van der Waals surface area (Å²) in [5.74, 6) is 1.39. The zero-order chi connectivity index (χ0) is 29.3. The number of ether oxygens (including phenoxy) is 1. The summed E-state index contributed by atoms with van der Waals surface area (Å²) in [6.45, 7) is 9.69. The number of hydrogen-bond donors (Lipinski definition) is 1. The molecule has 0 unspecified atom stereocenters. The van der Waals surface area contributed by atoms with Crippen LogP contribution in [-0.2, 0) is 22.5 Å². The van der Waals surface area contributed by atoms with E-state index in [1.54, 1.807) is 17.6 Å². The van der Waals surface area contributed by atoms with Crippen LogP contribution >= 0.6 is 11.3 Å². The third-order valence-corrected chi connectivity index (χ3v) is 8.61. The summed E-state index contributed by atoms with van der Waals surface area (Å²) in [5, 5.41) is 0. The van der Waals surface area contributed by atoms with E-state index in [9.17, 15) is 9.59 Å². The van der Waals surface area contributed by atoms with Gasteiger partial charge in [0.05, 0.1) is 44.5 Å². The number of nitrogens with zero attached hydrogens (tertiary/aromatic N) is 4. The highest BCUT2D eigenvalue weighted by molar-refractivity contribution is 7.18. The summed E-state index contributed by atoms with van der Waals surface area (Å²) in [6.07, 6.45) is 6.87. The van der Waals surface area contributed by atoms with E-state index in [0.717, 1.165) is 51.9 Å². The van der Waals surface area contributed by atoms with Gasteiger partial charge >= 0.3 is 5.97 Å². The number of carbonyl (C=O) groups is 1. The zero-order valence-electron chi connectivity index (χ0n) is 24.4. The minimum Gasteiger partial charge on any atom is -0.464 e. The molecule has 1 saturated heterocycles. The molecule has 0 saturated carbocycles.